The van der Waals surface area contributed by atoms with Crippen LogP contribution in [0.3, 0.4) is 0 Å². The van der Waals surface area contributed by atoms with Crippen molar-refractivity contribution < 1.29 is 4.79 Å². The number of carbonyl (C=O) groups is 1. The predicted octanol–water partition coefficient (Wildman–Crippen LogP) is 4.76. The molecule has 0 unspecified atom stereocenters. The molecule has 7 heteroatoms. The van der Waals surface area contributed by atoms with E-state index in [1.807, 2.05) is 85.1 Å². The van der Waals surface area contributed by atoms with E-state index in [4.69, 9.17) is 0 Å². The van der Waals surface area contributed by atoms with Crippen molar-refractivity contribution in [2.45, 2.75) is 24.3 Å². The number of amides is 1. The Bertz CT molecular complexity index is 1140. The van der Waals surface area contributed by atoms with Crippen LogP contribution in [0.25, 0.3) is 17.1 Å². The van der Waals surface area contributed by atoms with Crippen LogP contribution in [0.2, 0.25) is 0 Å². The molecule has 6 nitrogen and oxygen atoms in total. The average molecular weight is 416 g/mol. The van der Waals surface area contributed by atoms with Gasteiger partial charge in [-0.05, 0) is 49.7 Å². The zero-order valence-electron chi connectivity index (χ0n) is 16.7. The Morgan fingerprint density at radius 1 is 1.00 bits per heavy atom. The molecule has 1 amide bonds. The molecule has 2 aromatic carbocycles. The van der Waals surface area contributed by atoms with E-state index in [1.165, 1.54) is 11.8 Å². The number of nitrogens with zero attached hydrogens (tertiary/aromatic N) is 4. The van der Waals surface area contributed by atoms with Gasteiger partial charge in [0, 0.05) is 23.6 Å². The lowest BCUT2D eigenvalue weighted by Crippen LogP contribution is -2.22. The summed E-state index contributed by atoms with van der Waals surface area (Å²) >= 11 is 1.37. The second kappa shape index (κ2) is 8.92. The fourth-order valence-corrected chi connectivity index (χ4v) is 3.90. The molecular formula is C23H21N5OS. The predicted molar refractivity (Wildman–Crippen MR) is 120 cm³/mol. The number of aryl methyl sites for hydroxylation is 1. The quantitative estimate of drug-likeness (QED) is 0.460. The Morgan fingerprint density at radius 2 is 1.77 bits per heavy atom. The van der Waals surface area contributed by atoms with E-state index >= 15 is 0 Å². The number of hydrogen-bond donors (Lipinski definition) is 1. The summed E-state index contributed by atoms with van der Waals surface area (Å²) in [5.41, 5.74) is 3.69. The average Bonchev–Trinajstić information content (AvgIpc) is 3.18. The number of pyridine rings is 1. The Hall–Kier alpha value is -3.45. The highest BCUT2D eigenvalue weighted by molar-refractivity contribution is 8.00. The molecule has 1 N–H and O–H groups in total. The van der Waals surface area contributed by atoms with Crippen molar-refractivity contribution in [3.63, 3.8) is 0 Å². The lowest BCUT2D eigenvalue weighted by molar-refractivity contribution is -0.115. The SMILES string of the molecule is Cc1ccccc1-n1c(S[C@H](C)C(=O)Nc2ccccc2)nnc1-c1cccnc1. The van der Waals surface area contributed by atoms with E-state index in [1.54, 1.807) is 12.4 Å². The fourth-order valence-electron chi connectivity index (χ4n) is 3.04. The van der Waals surface area contributed by atoms with Crippen LogP contribution in [0.15, 0.2) is 84.3 Å². The summed E-state index contributed by atoms with van der Waals surface area (Å²) < 4.78 is 1.99. The summed E-state index contributed by atoms with van der Waals surface area (Å²) in [4.78, 5) is 16.9. The van der Waals surface area contributed by atoms with Crippen molar-refractivity contribution in [1.29, 1.82) is 0 Å². The molecule has 2 aromatic heterocycles. The van der Waals surface area contributed by atoms with Gasteiger partial charge in [0.15, 0.2) is 11.0 Å². The van der Waals surface area contributed by atoms with Gasteiger partial charge in [0.1, 0.15) is 0 Å². The third kappa shape index (κ3) is 4.26. The minimum Gasteiger partial charge on any atom is -0.325 e. The highest BCUT2D eigenvalue weighted by Crippen LogP contribution is 2.31. The molecule has 0 spiro atoms. The third-order valence-electron chi connectivity index (χ3n) is 4.60. The molecule has 0 bridgehead atoms. The van der Waals surface area contributed by atoms with Crippen LogP contribution < -0.4 is 5.32 Å². The molecule has 0 saturated carbocycles. The highest BCUT2D eigenvalue weighted by Gasteiger charge is 2.22. The number of para-hydroxylation sites is 2. The first-order valence-corrected chi connectivity index (χ1v) is 10.5. The maximum absolute atomic E-state index is 12.7. The summed E-state index contributed by atoms with van der Waals surface area (Å²) in [7, 11) is 0. The van der Waals surface area contributed by atoms with Gasteiger partial charge in [-0.2, -0.15) is 0 Å². The number of aromatic nitrogens is 4. The molecule has 2 heterocycles. The molecule has 0 fully saturated rings. The first-order chi connectivity index (χ1) is 14.6. The van der Waals surface area contributed by atoms with Crippen molar-refractivity contribution >= 4 is 23.4 Å². The van der Waals surface area contributed by atoms with Gasteiger partial charge >= 0.3 is 0 Å². The molecule has 30 heavy (non-hydrogen) atoms. The molecule has 0 saturated heterocycles. The minimum absolute atomic E-state index is 0.0894. The largest absolute Gasteiger partial charge is 0.325 e. The minimum atomic E-state index is -0.362. The van der Waals surface area contributed by atoms with Gasteiger partial charge in [-0.25, -0.2) is 0 Å². The van der Waals surface area contributed by atoms with Crippen molar-refractivity contribution in [2.75, 3.05) is 5.32 Å². The molecule has 150 valence electrons. The maximum Gasteiger partial charge on any atom is 0.237 e. The molecule has 0 radical (unpaired) electrons. The van der Waals surface area contributed by atoms with Crippen molar-refractivity contribution in [3.8, 4) is 17.1 Å². The molecule has 4 rings (SSSR count). The molecule has 0 aliphatic carbocycles. The van der Waals surface area contributed by atoms with E-state index in [-0.39, 0.29) is 11.2 Å². The molecule has 1 atom stereocenters. The number of benzene rings is 2. The summed E-state index contributed by atoms with van der Waals surface area (Å²) in [5, 5.41) is 12.1. The fraction of sp³-hybridized carbons (Fsp3) is 0.130. The number of carbonyl (C=O) groups excluding carboxylic acids is 1. The smallest absolute Gasteiger partial charge is 0.237 e. The Labute approximate surface area is 179 Å². The second-order valence-corrected chi connectivity index (χ2v) is 8.09. The van der Waals surface area contributed by atoms with Gasteiger partial charge in [0.05, 0.1) is 10.9 Å². The lowest BCUT2D eigenvalue weighted by atomic mass is 10.2. The normalized spacial score (nSPS) is 11.8. The number of hydrogen-bond acceptors (Lipinski definition) is 5. The monoisotopic (exact) mass is 415 g/mol. The number of thioether (sulfide) groups is 1. The van der Waals surface area contributed by atoms with Gasteiger partial charge in [-0.1, -0.05) is 48.2 Å². The Balaban J connectivity index is 1.67. The van der Waals surface area contributed by atoms with Crippen LogP contribution in [-0.2, 0) is 4.79 Å². The van der Waals surface area contributed by atoms with Gasteiger partial charge in [-0.15, -0.1) is 10.2 Å². The highest BCUT2D eigenvalue weighted by atomic mass is 32.2. The zero-order valence-corrected chi connectivity index (χ0v) is 17.5. The first-order valence-electron chi connectivity index (χ1n) is 9.58. The van der Waals surface area contributed by atoms with Gasteiger partial charge in [0.2, 0.25) is 5.91 Å². The van der Waals surface area contributed by atoms with E-state index in [0.717, 1.165) is 22.5 Å². The summed E-state index contributed by atoms with van der Waals surface area (Å²) in [5.74, 6) is 0.601. The number of anilines is 1. The molecule has 0 aliphatic rings. The van der Waals surface area contributed by atoms with Crippen LogP contribution in [0.1, 0.15) is 12.5 Å². The van der Waals surface area contributed by atoms with Crippen LogP contribution in [-0.4, -0.2) is 30.9 Å². The van der Waals surface area contributed by atoms with Crippen LogP contribution in [0.5, 0.6) is 0 Å². The topological polar surface area (TPSA) is 72.7 Å². The van der Waals surface area contributed by atoms with Gasteiger partial charge < -0.3 is 5.32 Å². The number of nitrogens with one attached hydrogen (secondary N) is 1. The van der Waals surface area contributed by atoms with Crippen molar-refractivity contribution in [2.24, 2.45) is 0 Å². The zero-order chi connectivity index (χ0) is 20.9. The maximum atomic E-state index is 12.7. The summed E-state index contributed by atoms with van der Waals surface area (Å²) in [6.45, 7) is 3.91. The van der Waals surface area contributed by atoms with Crippen LogP contribution in [0, 0.1) is 6.92 Å². The lowest BCUT2D eigenvalue weighted by Gasteiger charge is -2.15. The number of rotatable bonds is 6. The first kappa shape index (κ1) is 19.8. The van der Waals surface area contributed by atoms with E-state index < -0.39 is 0 Å². The van der Waals surface area contributed by atoms with Crippen molar-refractivity contribution in [1.82, 2.24) is 19.7 Å². The third-order valence-corrected chi connectivity index (χ3v) is 5.64. The summed E-state index contributed by atoms with van der Waals surface area (Å²) in [6, 6.07) is 21.3. The van der Waals surface area contributed by atoms with Gasteiger partial charge in [-0.3, -0.25) is 14.3 Å². The van der Waals surface area contributed by atoms with E-state index in [0.29, 0.717) is 11.0 Å². The van der Waals surface area contributed by atoms with Gasteiger partial charge in [0.25, 0.3) is 0 Å². The van der Waals surface area contributed by atoms with E-state index in [9.17, 15) is 4.79 Å². The van der Waals surface area contributed by atoms with Crippen molar-refractivity contribution in [3.05, 3.63) is 84.7 Å². The van der Waals surface area contributed by atoms with Crippen LogP contribution >= 0.6 is 11.8 Å². The Kier molecular flexibility index (Phi) is 5.90. The van der Waals surface area contributed by atoms with Crippen LogP contribution in [0.4, 0.5) is 5.69 Å². The summed E-state index contributed by atoms with van der Waals surface area (Å²) in [6.07, 6.45) is 3.49. The van der Waals surface area contributed by atoms with E-state index in [2.05, 4.69) is 20.5 Å². The second-order valence-electron chi connectivity index (χ2n) is 6.79. The Morgan fingerprint density at radius 3 is 2.50 bits per heavy atom. The standard InChI is InChI=1S/C23H21N5OS/c1-16-9-6-7-13-20(16)28-21(18-10-8-14-24-15-18)26-27-23(28)30-17(2)22(29)25-19-11-4-3-5-12-19/h3-15,17H,1-2H3,(H,25,29)/t17-/m1/s1. The molecule has 4 aromatic rings. The molecule has 0 aliphatic heterocycles. The molecular weight excluding hydrogens is 394 g/mol.